The van der Waals surface area contributed by atoms with Crippen LogP contribution in [0.15, 0.2) is 96.0 Å². The molecule has 0 unspecified atom stereocenters. The molecule has 0 fully saturated rings. The number of nitrogens with one attached hydrogen (secondary N) is 3. The van der Waals surface area contributed by atoms with E-state index in [0.29, 0.717) is 30.0 Å². The number of carbonyl (C=O) groups is 2. The van der Waals surface area contributed by atoms with Gasteiger partial charge < -0.3 is 26.8 Å². The van der Waals surface area contributed by atoms with Crippen molar-refractivity contribution in [3.63, 3.8) is 0 Å². The van der Waals surface area contributed by atoms with Crippen LogP contribution in [0.1, 0.15) is 51.2 Å². The summed E-state index contributed by atoms with van der Waals surface area (Å²) in [6, 6.07) is 24.3. The number of pyridine rings is 1. The Labute approximate surface area is 263 Å². The van der Waals surface area contributed by atoms with Crippen LogP contribution in [0.5, 0.6) is 0 Å². The highest BCUT2D eigenvalue weighted by Gasteiger charge is 2.12. The van der Waals surface area contributed by atoms with Gasteiger partial charge in [-0.2, -0.15) is 0 Å². The lowest BCUT2D eigenvalue weighted by Crippen LogP contribution is -2.32. The molecular weight excluding hydrogens is 592 g/mol. The summed E-state index contributed by atoms with van der Waals surface area (Å²) in [5, 5.41) is 24.6. The molecule has 2 atom stereocenters. The summed E-state index contributed by atoms with van der Waals surface area (Å²) in [4.78, 5) is 29.2. The summed E-state index contributed by atoms with van der Waals surface area (Å²) in [5.41, 5.74) is 10.3. The van der Waals surface area contributed by atoms with Crippen LogP contribution in [0.25, 0.3) is 0 Å². The van der Waals surface area contributed by atoms with Crippen LogP contribution in [0.3, 0.4) is 0 Å². The Morgan fingerprint density at radius 1 is 0.867 bits per heavy atom. The molecule has 0 bridgehead atoms. The number of aromatic nitrogens is 1. The summed E-state index contributed by atoms with van der Waals surface area (Å²) in [7, 11) is -3.77. The van der Waals surface area contributed by atoms with Gasteiger partial charge in [0.15, 0.2) is 0 Å². The molecule has 1 heterocycles. The second-order valence-corrected chi connectivity index (χ2v) is 12.4. The Bertz CT molecular complexity index is 1700. The van der Waals surface area contributed by atoms with Crippen molar-refractivity contribution in [2.24, 2.45) is 5.14 Å². The van der Waals surface area contributed by atoms with E-state index in [1.807, 2.05) is 31.2 Å². The lowest BCUT2D eigenvalue weighted by molar-refractivity contribution is -0.120. The van der Waals surface area contributed by atoms with Crippen molar-refractivity contribution in [1.29, 1.82) is 0 Å². The summed E-state index contributed by atoms with van der Waals surface area (Å²) < 4.78 is 22.8. The second kappa shape index (κ2) is 15.4. The molecule has 4 rings (SSSR count). The van der Waals surface area contributed by atoms with Crippen molar-refractivity contribution in [3.05, 3.63) is 125 Å². The molecule has 0 aliphatic carbocycles. The third kappa shape index (κ3) is 10.5. The highest BCUT2D eigenvalue weighted by molar-refractivity contribution is 7.89. The Morgan fingerprint density at radius 3 is 2.16 bits per heavy atom. The number of hydrogen-bond donors (Lipinski definition) is 6. The number of carbonyl (C=O) groups excluding carboxylic acids is 2. The number of anilines is 1. The monoisotopic (exact) mass is 630 g/mol. The Balaban J connectivity index is 1.19. The van der Waals surface area contributed by atoms with Gasteiger partial charge in [0, 0.05) is 43.0 Å². The largest absolute Gasteiger partial charge is 0.387 e. The minimum absolute atomic E-state index is 0.00887. The highest BCUT2D eigenvalue weighted by atomic mass is 32.2. The van der Waals surface area contributed by atoms with Crippen molar-refractivity contribution >= 4 is 27.7 Å². The number of rotatable bonds is 14. The first-order valence-electron chi connectivity index (χ1n) is 14.4. The summed E-state index contributed by atoms with van der Waals surface area (Å²) in [6.07, 6.45) is 1.84. The van der Waals surface area contributed by atoms with Crippen molar-refractivity contribution in [1.82, 2.24) is 20.9 Å². The molecule has 11 nitrogen and oxygen atoms in total. The fourth-order valence-corrected chi connectivity index (χ4v) is 5.16. The number of nitrogen functional groups attached to an aromatic ring is 1. The summed E-state index contributed by atoms with van der Waals surface area (Å²) >= 11 is 0. The predicted octanol–water partition coefficient (Wildman–Crippen LogP) is 2.35. The van der Waals surface area contributed by atoms with Crippen LogP contribution < -0.4 is 26.8 Å². The van der Waals surface area contributed by atoms with Crippen molar-refractivity contribution in [3.8, 4) is 0 Å². The van der Waals surface area contributed by atoms with Crippen LogP contribution >= 0.6 is 0 Å². The van der Waals surface area contributed by atoms with Crippen LogP contribution in [0, 0.1) is 0 Å². The number of sulfonamides is 1. The molecule has 8 N–H and O–H groups in total. The number of primary sulfonamides is 1. The van der Waals surface area contributed by atoms with E-state index >= 15 is 0 Å². The number of aliphatic hydroxyl groups is 1. The zero-order valence-corrected chi connectivity index (χ0v) is 25.8. The maximum atomic E-state index is 12.7. The molecule has 4 aromatic rings. The lowest BCUT2D eigenvalue weighted by atomic mass is 10.0. The summed E-state index contributed by atoms with van der Waals surface area (Å²) in [6.45, 7) is 2.97. The standard InChI is InChI=1S/C33H38N6O5S/c1-22(36-21-30(40)28-11-14-31(34)37-20-28)15-25-3-2-4-26(16-25)17-32(41)38-18-23-5-9-27(10-6-23)33(42)39-19-24-7-12-29(13-8-24)45(35,43)44/h2-14,16,20,22,30,36,40H,15,17-19,21H2,1H3,(H2,34,37)(H,38,41)(H,39,42)(H2,35,43,44)/t22-,30+/m1/s1. The highest BCUT2D eigenvalue weighted by Crippen LogP contribution is 2.14. The lowest BCUT2D eigenvalue weighted by Gasteiger charge is -2.18. The van der Waals surface area contributed by atoms with Gasteiger partial charge in [0.2, 0.25) is 15.9 Å². The average molecular weight is 631 g/mol. The van der Waals surface area contributed by atoms with Gasteiger partial charge in [0.1, 0.15) is 5.82 Å². The molecule has 0 saturated carbocycles. The van der Waals surface area contributed by atoms with Gasteiger partial charge >= 0.3 is 0 Å². The van der Waals surface area contributed by atoms with E-state index in [1.165, 1.54) is 12.1 Å². The topological polar surface area (TPSA) is 190 Å². The Kier molecular flexibility index (Phi) is 11.4. The van der Waals surface area contributed by atoms with Gasteiger partial charge in [-0.25, -0.2) is 18.5 Å². The van der Waals surface area contributed by atoms with Crippen molar-refractivity contribution in [2.75, 3.05) is 12.3 Å². The minimum atomic E-state index is -3.77. The average Bonchev–Trinajstić information content (AvgIpc) is 3.02. The Hall–Kier alpha value is -4.62. The molecule has 1 aromatic heterocycles. The van der Waals surface area contributed by atoms with E-state index in [9.17, 15) is 23.1 Å². The molecule has 0 saturated heterocycles. The first-order chi connectivity index (χ1) is 21.5. The van der Waals surface area contributed by atoms with Crippen LogP contribution in [-0.4, -0.2) is 42.9 Å². The van der Waals surface area contributed by atoms with Gasteiger partial charge in [-0.3, -0.25) is 9.59 Å². The van der Waals surface area contributed by atoms with Crippen molar-refractivity contribution < 1.29 is 23.1 Å². The van der Waals surface area contributed by atoms with Crippen molar-refractivity contribution in [2.45, 2.75) is 49.9 Å². The van der Waals surface area contributed by atoms with Crippen LogP contribution in [0.2, 0.25) is 0 Å². The fourth-order valence-electron chi connectivity index (χ4n) is 4.64. The molecule has 2 amide bonds. The molecular formula is C33H38N6O5S. The molecule has 236 valence electrons. The van der Waals surface area contributed by atoms with E-state index in [1.54, 1.807) is 54.7 Å². The van der Waals surface area contributed by atoms with E-state index in [4.69, 9.17) is 10.9 Å². The molecule has 0 aliphatic rings. The van der Waals surface area contributed by atoms with E-state index in [0.717, 1.165) is 28.7 Å². The predicted molar refractivity (Wildman–Crippen MR) is 172 cm³/mol. The first-order valence-corrected chi connectivity index (χ1v) is 16.0. The minimum Gasteiger partial charge on any atom is -0.387 e. The third-order valence-electron chi connectivity index (χ3n) is 7.16. The maximum Gasteiger partial charge on any atom is 0.251 e. The number of amides is 2. The van der Waals surface area contributed by atoms with E-state index in [2.05, 4.69) is 20.9 Å². The SMILES string of the molecule is C[C@H](Cc1cccc(CC(=O)NCc2ccc(C(=O)NCc3ccc(S(N)(=O)=O)cc3)cc2)c1)NC[C@H](O)c1ccc(N)nc1. The molecule has 0 aliphatic heterocycles. The van der Waals surface area contributed by atoms with Gasteiger partial charge in [-0.15, -0.1) is 0 Å². The fraction of sp³-hybridized carbons (Fsp3) is 0.242. The number of benzene rings is 3. The van der Waals surface area contributed by atoms with E-state index < -0.39 is 16.1 Å². The van der Waals surface area contributed by atoms with Gasteiger partial charge in [-0.05, 0) is 65.9 Å². The zero-order chi connectivity index (χ0) is 32.4. The van der Waals surface area contributed by atoms with Gasteiger partial charge in [0.05, 0.1) is 17.4 Å². The normalized spacial score (nSPS) is 12.7. The molecule has 12 heteroatoms. The first kappa shape index (κ1) is 33.3. The quantitative estimate of drug-likeness (QED) is 0.122. The number of nitrogens with zero attached hydrogens (tertiary/aromatic N) is 1. The molecule has 0 radical (unpaired) electrons. The smallest absolute Gasteiger partial charge is 0.251 e. The molecule has 45 heavy (non-hydrogen) atoms. The summed E-state index contributed by atoms with van der Waals surface area (Å²) in [5.74, 6) is 0.0140. The zero-order valence-electron chi connectivity index (χ0n) is 24.9. The second-order valence-electron chi connectivity index (χ2n) is 10.9. The van der Waals surface area contributed by atoms with Gasteiger partial charge in [0.25, 0.3) is 5.91 Å². The number of aliphatic hydroxyl groups excluding tert-OH is 1. The van der Waals surface area contributed by atoms with E-state index in [-0.39, 0.29) is 35.7 Å². The number of hydrogen-bond acceptors (Lipinski definition) is 8. The Morgan fingerprint density at radius 2 is 1.51 bits per heavy atom. The van der Waals surface area contributed by atoms with Crippen LogP contribution in [-0.2, 0) is 40.7 Å². The van der Waals surface area contributed by atoms with Gasteiger partial charge in [-0.1, -0.05) is 54.6 Å². The molecule has 0 spiro atoms. The third-order valence-corrected chi connectivity index (χ3v) is 8.09. The van der Waals surface area contributed by atoms with Crippen LogP contribution in [0.4, 0.5) is 5.82 Å². The molecule has 3 aromatic carbocycles. The maximum absolute atomic E-state index is 12.7. The number of nitrogens with two attached hydrogens (primary N) is 2.